The molecule has 6 heteroatoms. The summed E-state index contributed by atoms with van der Waals surface area (Å²) in [5.41, 5.74) is 3.79. The molecule has 0 aliphatic heterocycles. The van der Waals surface area contributed by atoms with Crippen LogP contribution in [0, 0.1) is 11.3 Å². The molecule has 0 aliphatic carbocycles. The second-order valence-corrected chi connectivity index (χ2v) is 8.18. The van der Waals surface area contributed by atoms with E-state index in [2.05, 4.69) is 33.8 Å². The first-order valence-electron chi connectivity index (χ1n) is 9.31. The van der Waals surface area contributed by atoms with Gasteiger partial charge >= 0.3 is 0 Å². The first-order valence-corrected chi connectivity index (χ1v) is 10.5. The Balaban J connectivity index is 1.28. The van der Waals surface area contributed by atoms with Crippen molar-refractivity contribution in [1.82, 2.24) is 10.3 Å². The fourth-order valence-corrected chi connectivity index (χ4v) is 4.26. The van der Waals surface area contributed by atoms with Crippen LogP contribution in [-0.4, -0.2) is 18.1 Å². The van der Waals surface area contributed by atoms with Gasteiger partial charge in [-0.3, -0.25) is 4.98 Å². The maximum atomic E-state index is 8.91. The molecule has 0 spiro atoms. The lowest BCUT2D eigenvalue weighted by Gasteiger charge is -2.10. The largest absolute Gasteiger partial charge is 0.383 e. The number of fused-ring (bicyclic) bond motifs is 1. The molecule has 144 valence electrons. The molecule has 0 saturated carbocycles. The predicted molar refractivity (Wildman–Crippen MR) is 121 cm³/mol. The molecule has 0 atom stereocenters. The Labute approximate surface area is 178 Å². The van der Waals surface area contributed by atoms with Gasteiger partial charge in [0.25, 0.3) is 0 Å². The molecule has 2 aromatic heterocycles. The Morgan fingerprint density at radius 2 is 1.86 bits per heavy atom. The molecule has 0 saturated heterocycles. The van der Waals surface area contributed by atoms with E-state index in [4.69, 9.17) is 16.9 Å². The van der Waals surface area contributed by atoms with Crippen molar-refractivity contribution in [3.8, 4) is 16.5 Å². The Kier molecular flexibility index (Phi) is 6.06. The van der Waals surface area contributed by atoms with Gasteiger partial charge in [-0.05, 0) is 54.1 Å². The SMILES string of the molecule is N#Cc1ccc(-c2ccc(CNCCNc3ccnc4cc(Cl)ccc34)s2)cc1. The average molecular weight is 419 g/mol. The van der Waals surface area contributed by atoms with E-state index in [-0.39, 0.29) is 0 Å². The summed E-state index contributed by atoms with van der Waals surface area (Å²) in [5, 5.41) is 17.6. The molecule has 2 aromatic carbocycles. The van der Waals surface area contributed by atoms with E-state index in [1.807, 2.05) is 48.5 Å². The number of nitrogens with one attached hydrogen (secondary N) is 2. The number of nitriles is 1. The molecular weight excluding hydrogens is 400 g/mol. The van der Waals surface area contributed by atoms with Gasteiger partial charge in [0.15, 0.2) is 0 Å². The Morgan fingerprint density at radius 1 is 1.00 bits per heavy atom. The molecule has 0 bridgehead atoms. The molecule has 0 radical (unpaired) electrons. The fraction of sp³-hybridized carbons (Fsp3) is 0.130. The smallest absolute Gasteiger partial charge is 0.0991 e. The third-order valence-corrected chi connectivity index (χ3v) is 5.95. The quantitative estimate of drug-likeness (QED) is 0.378. The highest BCUT2D eigenvalue weighted by Crippen LogP contribution is 2.28. The van der Waals surface area contributed by atoms with Gasteiger partial charge in [0, 0.05) is 51.7 Å². The van der Waals surface area contributed by atoms with E-state index in [1.54, 1.807) is 17.5 Å². The molecule has 29 heavy (non-hydrogen) atoms. The monoisotopic (exact) mass is 418 g/mol. The van der Waals surface area contributed by atoms with Gasteiger partial charge in [0.1, 0.15) is 0 Å². The summed E-state index contributed by atoms with van der Waals surface area (Å²) in [6.07, 6.45) is 1.80. The molecule has 0 unspecified atom stereocenters. The van der Waals surface area contributed by atoms with Crippen molar-refractivity contribution in [3.05, 3.63) is 82.3 Å². The zero-order valence-corrected chi connectivity index (χ0v) is 17.2. The number of pyridine rings is 1. The van der Waals surface area contributed by atoms with Crippen LogP contribution < -0.4 is 10.6 Å². The minimum atomic E-state index is 0.685. The fourth-order valence-electron chi connectivity index (χ4n) is 3.11. The lowest BCUT2D eigenvalue weighted by atomic mass is 10.1. The van der Waals surface area contributed by atoms with Gasteiger partial charge < -0.3 is 10.6 Å². The maximum absolute atomic E-state index is 8.91. The highest BCUT2D eigenvalue weighted by molar-refractivity contribution is 7.15. The second-order valence-electron chi connectivity index (χ2n) is 6.58. The second kappa shape index (κ2) is 9.06. The number of hydrogen-bond acceptors (Lipinski definition) is 5. The summed E-state index contributed by atoms with van der Waals surface area (Å²) < 4.78 is 0. The molecule has 4 aromatic rings. The third-order valence-electron chi connectivity index (χ3n) is 4.58. The molecule has 4 rings (SSSR count). The van der Waals surface area contributed by atoms with Gasteiger partial charge in [0.2, 0.25) is 0 Å². The number of nitrogens with zero attached hydrogens (tertiary/aromatic N) is 2. The lowest BCUT2D eigenvalue weighted by molar-refractivity contribution is 0.714. The van der Waals surface area contributed by atoms with E-state index in [1.165, 1.54) is 9.75 Å². The van der Waals surface area contributed by atoms with Crippen LogP contribution in [0.2, 0.25) is 5.02 Å². The summed E-state index contributed by atoms with van der Waals surface area (Å²) in [5.74, 6) is 0. The third kappa shape index (κ3) is 4.75. The van der Waals surface area contributed by atoms with Gasteiger partial charge in [0.05, 0.1) is 17.1 Å². The van der Waals surface area contributed by atoms with Crippen LogP contribution in [0.5, 0.6) is 0 Å². The van der Waals surface area contributed by atoms with Crippen LogP contribution in [-0.2, 0) is 6.54 Å². The number of hydrogen-bond donors (Lipinski definition) is 2. The van der Waals surface area contributed by atoms with Crippen molar-refractivity contribution in [3.63, 3.8) is 0 Å². The molecule has 0 amide bonds. The first kappa shape index (κ1) is 19.4. The molecule has 4 nitrogen and oxygen atoms in total. The number of aromatic nitrogens is 1. The van der Waals surface area contributed by atoms with E-state index in [0.29, 0.717) is 10.6 Å². The maximum Gasteiger partial charge on any atom is 0.0991 e. The Bertz CT molecular complexity index is 1160. The summed E-state index contributed by atoms with van der Waals surface area (Å²) >= 11 is 7.82. The van der Waals surface area contributed by atoms with Crippen molar-refractivity contribution in [2.45, 2.75) is 6.54 Å². The highest BCUT2D eigenvalue weighted by atomic mass is 35.5. The van der Waals surface area contributed by atoms with E-state index in [9.17, 15) is 0 Å². The minimum absolute atomic E-state index is 0.685. The van der Waals surface area contributed by atoms with Crippen molar-refractivity contribution in [2.75, 3.05) is 18.4 Å². The van der Waals surface area contributed by atoms with E-state index >= 15 is 0 Å². The highest BCUT2D eigenvalue weighted by Gasteiger charge is 2.04. The van der Waals surface area contributed by atoms with Crippen LogP contribution in [0.3, 0.4) is 0 Å². The lowest BCUT2D eigenvalue weighted by Crippen LogP contribution is -2.21. The Morgan fingerprint density at radius 3 is 2.69 bits per heavy atom. The van der Waals surface area contributed by atoms with Crippen molar-refractivity contribution in [1.29, 1.82) is 5.26 Å². The molecule has 2 heterocycles. The standard InChI is InChI=1S/C23H19ClN4S/c24-18-5-7-20-21(9-10-27-22(20)13-18)28-12-11-26-15-19-6-8-23(29-19)17-3-1-16(14-25)2-4-17/h1-10,13,26H,11-12,15H2,(H,27,28). The predicted octanol–water partition coefficient (Wildman–Crippen LogP) is 5.69. The van der Waals surface area contributed by atoms with Crippen molar-refractivity contribution < 1.29 is 0 Å². The molecule has 2 N–H and O–H groups in total. The van der Waals surface area contributed by atoms with Crippen LogP contribution in [0.25, 0.3) is 21.3 Å². The first-order chi connectivity index (χ1) is 14.2. The van der Waals surface area contributed by atoms with Gasteiger partial charge in [-0.25, -0.2) is 0 Å². The summed E-state index contributed by atoms with van der Waals surface area (Å²) in [6.45, 7) is 2.49. The van der Waals surface area contributed by atoms with Crippen molar-refractivity contribution in [2.24, 2.45) is 0 Å². The number of benzene rings is 2. The zero-order valence-electron chi connectivity index (χ0n) is 15.7. The van der Waals surface area contributed by atoms with Gasteiger partial charge in [-0.15, -0.1) is 11.3 Å². The van der Waals surface area contributed by atoms with Crippen LogP contribution in [0.1, 0.15) is 10.4 Å². The zero-order chi connectivity index (χ0) is 20.1. The normalized spacial score (nSPS) is 10.8. The summed E-state index contributed by atoms with van der Waals surface area (Å²) in [6, 6.07) is 21.9. The summed E-state index contributed by atoms with van der Waals surface area (Å²) in [4.78, 5) is 6.87. The van der Waals surface area contributed by atoms with E-state index in [0.717, 1.165) is 41.8 Å². The average Bonchev–Trinajstić information content (AvgIpc) is 3.22. The summed E-state index contributed by atoms with van der Waals surface area (Å²) in [7, 11) is 0. The van der Waals surface area contributed by atoms with Crippen LogP contribution in [0.4, 0.5) is 5.69 Å². The number of rotatable bonds is 7. The van der Waals surface area contributed by atoms with Crippen LogP contribution in [0.15, 0.2) is 66.9 Å². The van der Waals surface area contributed by atoms with Crippen molar-refractivity contribution >= 4 is 39.5 Å². The Hall–Kier alpha value is -2.91. The number of halogens is 1. The van der Waals surface area contributed by atoms with Crippen LogP contribution >= 0.6 is 22.9 Å². The topological polar surface area (TPSA) is 60.7 Å². The van der Waals surface area contributed by atoms with Gasteiger partial charge in [-0.1, -0.05) is 23.7 Å². The minimum Gasteiger partial charge on any atom is -0.383 e. The molecular formula is C23H19ClN4S. The molecule has 0 aliphatic rings. The number of anilines is 1. The molecule has 0 fully saturated rings. The van der Waals surface area contributed by atoms with E-state index < -0.39 is 0 Å². The number of thiophene rings is 1. The van der Waals surface area contributed by atoms with Gasteiger partial charge in [-0.2, -0.15) is 5.26 Å².